The van der Waals surface area contributed by atoms with E-state index in [4.69, 9.17) is 0 Å². The van der Waals surface area contributed by atoms with E-state index in [9.17, 15) is 9.59 Å². The number of hydrogen-bond donors (Lipinski definition) is 2. The number of para-hydroxylation sites is 2. The number of benzene rings is 3. The van der Waals surface area contributed by atoms with E-state index in [0.717, 1.165) is 16.8 Å². The molecule has 0 radical (unpaired) electrons. The summed E-state index contributed by atoms with van der Waals surface area (Å²) in [5, 5.41) is 14.3. The number of amides is 2. The van der Waals surface area contributed by atoms with Gasteiger partial charge in [0.15, 0.2) is 0 Å². The normalized spacial score (nSPS) is 11.0. The molecule has 0 unspecified atom stereocenters. The summed E-state index contributed by atoms with van der Waals surface area (Å²) in [6.45, 7) is 2.93. The average Bonchev–Trinajstić information content (AvgIpc) is 2.72. The molecule has 0 saturated heterocycles. The Hall–Kier alpha value is -4.06. The standard InChI is InChI=1S/C24H22N4O2/c1-17(29)25-21-11-5-3-9-19(21)15-16-20-10-4-6-12-22(20)27-28-24-14-8-7-13-23(24)26-18(2)30/h3-16H,1-2H3,(H,25,29)(H,26,30)/b16-15-,28-27?. The van der Waals surface area contributed by atoms with Crippen LogP contribution in [0.25, 0.3) is 12.2 Å². The van der Waals surface area contributed by atoms with Gasteiger partial charge in [0.2, 0.25) is 11.8 Å². The quantitative estimate of drug-likeness (QED) is 0.383. The molecule has 30 heavy (non-hydrogen) atoms. The molecule has 3 aromatic carbocycles. The number of nitrogens with one attached hydrogen (secondary N) is 2. The van der Waals surface area contributed by atoms with Gasteiger partial charge in [-0.25, -0.2) is 0 Å². The van der Waals surface area contributed by atoms with Crippen LogP contribution in [0.1, 0.15) is 25.0 Å². The van der Waals surface area contributed by atoms with Crippen LogP contribution in [0, 0.1) is 0 Å². The van der Waals surface area contributed by atoms with Gasteiger partial charge < -0.3 is 10.6 Å². The van der Waals surface area contributed by atoms with Gasteiger partial charge in [0.05, 0.1) is 11.4 Å². The van der Waals surface area contributed by atoms with Gasteiger partial charge in [-0.3, -0.25) is 9.59 Å². The number of carbonyl (C=O) groups is 2. The zero-order valence-electron chi connectivity index (χ0n) is 16.8. The Morgan fingerprint density at radius 2 is 1.10 bits per heavy atom. The molecule has 0 spiro atoms. The number of anilines is 2. The molecule has 3 rings (SSSR count). The van der Waals surface area contributed by atoms with Crippen LogP contribution in [0.2, 0.25) is 0 Å². The van der Waals surface area contributed by atoms with Gasteiger partial charge in [-0.05, 0) is 29.8 Å². The lowest BCUT2D eigenvalue weighted by Crippen LogP contribution is -2.06. The van der Waals surface area contributed by atoms with Gasteiger partial charge in [0.1, 0.15) is 5.69 Å². The fourth-order valence-electron chi connectivity index (χ4n) is 2.81. The van der Waals surface area contributed by atoms with E-state index in [1.165, 1.54) is 13.8 Å². The molecule has 3 aromatic rings. The first-order valence-electron chi connectivity index (χ1n) is 9.45. The van der Waals surface area contributed by atoms with Gasteiger partial charge in [-0.2, -0.15) is 0 Å². The van der Waals surface area contributed by atoms with Crippen LogP contribution in [-0.4, -0.2) is 11.8 Å². The van der Waals surface area contributed by atoms with E-state index in [0.29, 0.717) is 17.1 Å². The first-order valence-corrected chi connectivity index (χ1v) is 9.45. The zero-order valence-corrected chi connectivity index (χ0v) is 16.8. The molecule has 6 heteroatoms. The van der Waals surface area contributed by atoms with E-state index >= 15 is 0 Å². The molecule has 2 N–H and O–H groups in total. The number of rotatable bonds is 6. The number of carbonyl (C=O) groups excluding carboxylic acids is 2. The smallest absolute Gasteiger partial charge is 0.221 e. The Kier molecular flexibility index (Phi) is 6.84. The van der Waals surface area contributed by atoms with Crippen LogP contribution in [0.5, 0.6) is 0 Å². The van der Waals surface area contributed by atoms with Crippen molar-refractivity contribution in [2.24, 2.45) is 10.2 Å². The predicted octanol–water partition coefficient (Wildman–Crippen LogP) is 6.19. The predicted molar refractivity (Wildman–Crippen MR) is 121 cm³/mol. The Bertz CT molecular complexity index is 1030. The van der Waals surface area contributed by atoms with Crippen LogP contribution in [0.4, 0.5) is 22.7 Å². The highest BCUT2D eigenvalue weighted by atomic mass is 16.2. The molecular weight excluding hydrogens is 376 g/mol. The van der Waals surface area contributed by atoms with Crippen LogP contribution >= 0.6 is 0 Å². The van der Waals surface area contributed by atoms with Crippen LogP contribution < -0.4 is 10.6 Å². The highest BCUT2D eigenvalue weighted by Crippen LogP contribution is 2.29. The molecule has 0 atom stereocenters. The summed E-state index contributed by atoms with van der Waals surface area (Å²) in [4.78, 5) is 22.8. The van der Waals surface area contributed by atoms with Crippen molar-refractivity contribution < 1.29 is 9.59 Å². The summed E-state index contributed by atoms with van der Waals surface area (Å²) in [6, 6.07) is 22.4. The van der Waals surface area contributed by atoms with Crippen molar-refractivity contribution in [1.82, 2.24) is 0 Å². The third-order valence-corrected chi connectivity index (χ3v) is 4.13. The molecule has 0 bridgehead atoms. The minimum atomic E-state index is -0.168. The van der Waals surface area contributed by atoms with Crippen molar-refractivity contribution in [3.05, 3.63) is 83.9 Å². The average molecular weight is 398 g/mol. The second-order valence-electron chi connectivity index (χ2n) is 6.56. The summed E-state index contributed by atoms with van der Waals surface area (Å²) in [5.74, 6) is -0.290. The maximum absolute atomic E-state index is 11.4. The molecule has 0 saturated carbocycles. The van der Waals surface area contributed by atoms with E-state index < -0.39 is 0 Å². The van der Waals surface area contributed by atoms with Gasteiger partial charge in [0, 0.05) is 25.1 Å². The third kappa shape index (κ3) is 5.72. The first-order chi connectivity index (χ1) is 14.5. The number of hydrogen-bond acceptors (Lipinski definition) is 4. The van der Waals surface area contributed by atoms with Gasteiger partial charge in [-0.1, -0.05) is 60.7 Å². The van der Waals surface area contributed by atoms with E-state index in [-0.39, 0.29) is 11.8 Å². The topological polar surface area (TPSA) is 82.9 Å². The molecule has 0 aromatic heterocycles. The Morgan fingerprint density at radius 1 is 0.633 bits per heavy atom. The molecule has 0 fully saturated rings. The SMILES string of the molecule is CC(=O)Nc1ccccc1/C=C\c1ccccc1N=Nc1ccccc1NC(C)=O. The number of azo groups is 1. The lowest BCUT2D eigenvalue weighted by atomic mass is 10.1. The fraction of sp³-hybridized carbons (Fsp3) is 0.0833. The molecular formula is C24H22N4O2. The minimum absolute atomic E-state index is 0.122. The monoisotopic (exact) mass is 398 g/mol. The third-order valence-electron chi connectivity index (χ3n) is 4.13. The summed E-state index contributed by atoms with van der Waals surface area (Å²) >= 11 is 0. The van der Waals surface area contributed by atoms with Crippen molar-refractivity contribution in [3.63, 3.8) is 0 Å². The second-order valence-corrected chi connectivity index (χ2v) is 6.56. The van der Waals surface area contributed by atoms with Crippen molar-refractivity contribution in [2.75, 3.05) is 10.6 Å². The summed E-state index contributed by atoms with van der Waals surface area (Å²) < 4.78 is 0. The van der Waals surface area contributed by atoms with Gasteiger partial charge in [-0.15, -0.1) is 10.2 Å². The van der Waals surface area contributed by atoms with Crippen LogP contribution in [-0.2, 0) is 9.59 Å². The maximum Gasteiger partial charge on any atom is 0.221 e. The van der Waals surface area contributed by atoms with Crippen molar-refractivity contribution in [1.29, 1.82) is 0 Å². The highest BCUT2D eigenvalue weighted by molar-refractivity contribution is 5.93. The Morgan fingerprint density at radius 3 is 1.80 bits per heavy atom. The van der Waals surface area contributed by atoms with Crippen molar-refractivity contribution >= 4 is 46.7 Å². The van der Waals surface area contributed by atoms with E-state index in [2.05, 4.69) is 20.9 Å². The largest absolute Gasteiger partial charge is 0.326 e. The Labute approximate surface area is 175 Å². The minimum Gasteiger partial charge on any atom is -0.326 e. The van der Waals surface area contributed by atoms with E-state index in [1.54, 1.807) is 12.1 Å². The van der Waals surface area contributed by atoms with E-state index in [1.807, 2.05) is 72.8 Å². The van der Waals surface area contributed by atoms with Crippen LogP contribution in [0.3, 0.4) is 0 Å². The molecule has 0 aliphatic rings. The molecule has 0 aliphatic carbocycles. The van der Waals surface area contributed by atoms with Crippen molar-refractivity contribution in [2.45, 2.75) is 13.8 Å². The van der Waals surface area contributed by atoms with Crippen LogP contribution in [0.15, 0.2) is 83.0 Å². The Balaban J connectivity index is 1.88. The number of nitrogens with zero attached hydrogens (tertiary/aromatic N) is 2. The zero-order chi connectivity index (χ0) is 21.3. The lowest BCUT2D eigenvalue weighted by molar-refractivity contribution is -0.115. The van der Waals surface area contributed by atoms with Crippen molar-refractivity contribution in [3.8, 4) is 0 Å². The molecule has 2 amide bonds. The fourth-order valence-corrected chi connectivity index (χ4v) is 2.81. The maximum atomic E-state index is 11.4. The van der Waals surface area contributed by atoms with Gasteiger partial charge in [0.25, 0.3) is 0 Å². The molecule has 0 aliphatic heterocycles. The summed E-state index contributed by atoms with van der Waals surface area (Å²) in [5.41, 5.74) is 4.35. The molecule has 6 nitrogen and oxygen atoms in total. The lowest BCUT2D eigenvalue weighted by Gasteiger charge is -2.06. The van der Waals surface area contributed by atoms with Gasteiger partial charge >= 0.3 is 0 Å². The molecule has 150 valence electrons. The first kappa shape index (κ1) is 20.7. The highest BCUT2D eigenvalue weighted by Gasteiger charge is 2.04. The summed E-state index contributed by atoms with van der Waals surface area (Å²) in [7, 11) is 0. The molecule has 0 heterocycles. The second kappa shape index (κ2) is 9.93. The summed E-state index contributed by atoms with van der Waals surface area (Å²) in [6.07, 6.45) is 3.85.